The zero-order valence-corrected chi connectivity index (χ0v) is 13.9. The Morgan fingerprint density at radius 3 is 2.35 bits per heavy atom. The maximum atomic E-state index is 11.0. The van der Waals surface area contributed by atoms with Crippen molar-refractivity contribution in [2.45, 2.75) is 12.8 Å². The van der Waals surface area contributed by atoms with Gasteiger partial charge in [-0.15, -0.1) is 0 Å². The lowest BCUT2D eigenvalue weighted by molar-refractivity contribution is -0.140. The standard InChI is InChI=1S/C18H20N2O2S/c1-22-17(21)8-5-13-19-18(23)20-16-11-9-15(10-12-16)14-6-3-2-4-7-14/h2-4,6-7,9-12H,5,8,13H2,1H3,(H2,19,20,23). The molecule has 5 heteroatoms. The number of methoxy groups -OCH3 is 1. The maximum absolute atomic E-state index is 11.0. The zero-order chi connectivity index (χ0) is 16.5. The summed E-state index contributed by atoms with van der Waals surface area (Å²) in [6, 6.07) is 18.3. The van der Waals surface area contributed by atoms with Gasteiger partial charge in [0.15, 0.2) is 5.11 Å². The molecule has 0 aromatic heterocycles. The molecule has 0 aliphatic rings. The van der Waals surface area contributed by atoms with Gasteiger partial charge in [-0.05, 0) is 41.9 Å². The molecule has 0 spiro atoms. The minimum absolute atomic E-state index is 0.206. The van der Waals surface area contributed by atoms with Crippen LogP contribution in [-0.4, -0.2) is 24.7 Å². The third-order valence-electron chi connectivity index (χ3n) is 3.32. The maximum Gasteiger partial charge on any atom is 0.305 e. The van der Waals surface area contributed by atoms with E-state index in [1.807, 2.05) is 30.3 Å². The average molecular weight is 328 g/mol. The van der Waals surface area contributed by atoms with Crippen molar-refractivity contribution in [3.63, 3.8) is 0 Å². The molecule has 0 aliphatic heterocycles. The van der Waals surface area contributed by atoms with Crippen molar-refractivity contribution in [3.8, 4) is 11.1 Å². The van der Waals surface area contributed by atoms with E-state index in [9.17, 15) is 4.79 Å². The Morgan fingerprint density at radius 2 is 1.70 bits per heavy atom. The van der Waals surface area contributed by atoms with Crippen molar-refractivity contribution in [1.82, 2.24) is 5.32 Å². The quantitative estimate of drug-likeness (QED) is 0.482. The first-order chi connectivity index (χ1) is 11.2. The minimum Gasteiger partial charge on any atom is -0.469 e. The first kappa shape index (κ1) is 17.0. The predicted octanol–water partition coefficient (Wildman–Crippen LogP) is 3.59. The van der Waals surface area contributed by atoms with Crippen LogP contribution in [0.25, 0.3) is 11.1 Å². The van der Waals surface area contributed by atoms with Crippen molar-refractivity contribution in [3.05, 3.63) is 54.6 Å². The van der Waals surface area contributed by atoms with Crippen LogP contribution in [0.3, 0.4) is 0 Å². The van der Waals surface area contributed by atoms with Crippen LogP contribution in [0.4, 0.5) is 5.69 Å². The minimum atomic E-state index is -0.206. The van der Waals surface area contributed by atoms with Crippen LogP contribution in [0.2, 0.25) is 0 Å². The molecule has 0 amide bonds. The highest BCUT2D eigenvalue weighted by Crippen LogP contribution is 2.20. The Balaban J connectivity index is 1.79. The van der Waals surface area contributed by atoms with Crippen LogP contribution in [0.15, 0.2) is 54.6 Å². The Bertz CT molecular complexity index is 642. The number of anilines is 1. The number of esters is 1. The molecule has 0 heterocycles. The van der Waals surface area contributed by atoms with Crippen LogP contribution < -0.4 is 10.6 Å². The number of benzene rings is 2. The lowest BCUT2D eigenvalue weighted by Gasteiger charge is -2.11. The number of carbonyl (C=O) groups excluding carboxylic acids is 1. The summed E-state index contributed by atoms with van der Waals surface area (Å²) in [5.41, 5.74) is 3.27. The van der Waals surface area contributed by atoms with Crippen LogP contribution in [0, 0.1) is 0 Å². The fourth-order valence-corrected chi connectivity index (χ4v) is 2.31. The van der Waals surface area contributed by atoms with Gasteiger partial charge in [0, 0.05) is 18.7 Å². The van der Waals surface area contributed by atoms with E-state index in [2.05, 4.69) is 39.6 Å². The van der Waals surface area contributed by atoms with Gasteiger partial charge in [0.25, 0.3) is 0 Å². The molecular formula is C18H20N2O2S. The van der Waals surface area contributed by atoms with Crippen LogP contribution in [0.5, 0.6) is 0 Å². The summed E-state index contributed by atoms with van der Waals surface area (Å²) in [4.78, 5) is 11.0. The van der Waals surface area contributed by atoms with E-state index >= 15 is 0 Å². The number of hydrogen-bond donors (Lipinski definition) is 2. The Hall–Kier alpha value is -2.40. The first-order valence-electron chi connectivity index (χ1n) is 7.46. The second-order valence-corrected chi connectivity index (χ2v) is 5.41. The van der Waals surface area contributed by atoms with Crippen LogP contribution >= 0.6 is 12.2 Å². The van der Waals surface area contributed by atoms with E-state index in [-0.39, 0.29) is 5.97 Å². The first-order valence-corrected chi connectivity index (χ1v) is 7.87. The second kappa shape index (κ2) is 8.90. The molecule has 0 radical (unpaired) electrons. The molecule has 0 saturated heterocycles. The molecule has 2 N–H and O–H groups in total. The van der Waals surface area contributed by atoms with Crippen molar-refractivity contribution in [2.75, 3.05) is 19.0 Å². The van der Waals surface area contributed by atoms with E-state index in [1.54, 1.807) is 0 Å². The number of hydrogen-bond acceptors (Lipinski definition) is 3. The second-order valence-electron chi connectivity index (χ2n) is 5.00. The number of rotatable bonds is 6. The average Bonchev–Trinajstić information content (AvgIpc) is 2.60. The van der Waals surface area contributed by atoms with E-state index in [4.69, 9.17) is 12.2 Å². The Morgan fingerprint density at radius 1 is 1.04 bits per heavy atom. The van der Waals surface area contributed by atoms with Gasteiger partial charge in [-0.3, -0.25) is 4.79 Å². The summed E-state index contributed by atoms with van der Waals surface area (Å²) in [5, 5.41) is 6.74. The predicted molar refractivity (Wildman–Crippen MR) is 97.4 cm³/mol. The van der Waals surface area contributed by atoms with E-state index in [0.717, 1.165) is 11.3 Å². The van der Waals surface area contributed by atoms with Crippen molar-refractivity contribution < 1.29 is 9.53 Å². The Labute approximate surface area is 141 Å². The highest BCUT2D eigenvalue weighted by Gasteiger charge is 2.02. The summed E-state index contributed by atoms with van der Waals surface area (Å²) in [7, 11) is 1.39. The fourth-order valence-electron chi connectivity index (χ4n) is 2.09. The molecule has 4 nitrogen and oxygen atoms in total. The monoisotopic (exact) mass is 328 g/mol. The van der Waals surface area contributed by atoms with Gasteiger partial charge in [-0.2, -0.15) is 0 Å². The molecule has 0 atom stereocenters. The SMILES string of the molecule is COC(=O)CCCNC(=S)Nc1ccc(-c2ccccc2)cc1. The van der Waals surface area contributed by atoms with Gasteiger partial charge >= 0.3 is 5.97 Å². The summed E-state index contributed by atoms with van der Waals surface area (Å²) in [6.07, 6.45) is 1.07. The molecule has 0 aliphatic carbocycles. The van der Waals surface area contributed by atoms with Gasteiger partial charge in [-0.1, -0.05) is 42.5 Å². The Kier molecular flexibility index (Phi) is 6.56. The van der Waals surface area contributed by atoms with Crippen molar-refractivity contribution in [1.29, 1.82) is 0 Å². The van der Waals surface area contributed by atoms with Crippen molar-refractivity contribution in [2.24, 2.45) is 0 Å². The van der Waals surface area contributed by atoms with Crippen molar-refractivity contribution >= 4 is 29.0 Å². The molecule has 23 heavy (non-hydrogen) atoms. The van der Waals surface area contributed by atoms with E-state index in [0.29, 0.717) is 24.5 Å². The third-order valence-corrected chi connectivity index (χ3v) is 3.57. The molecule has 2 aromatic rings. The number of thiocarbonyl (C=S) groups is 1. The summed E-state index contributed by atoms with van der Waals surface area (Å²) in [5.74, 6) is -0.206. The zero-order valence-electron chi connectivity index (χ0n) is 13.0. The van der Waals surface area contributed by atoms with Crippen LogP contribution in [0.1, 0.15) is 12.8 Å². The molecule has 2 rings (SSSR count). The smallest absolute Gasteiger partial charge is 0.305 e. The third kappa shape index (κ3) is 5.71. The lowest BCUT2D eigenvalue weighted by Crippen LogP contribution is -2.29. The van der Waals surface area contributed by atoms with E-state index < -0.39 is 0 Å². The highest BCUT2D eigenvalue weighted by atomic mass is 32.1. The largest absolute Gasteiger partial charge is 0.469 e. The topological polar surface area (TPSA) is 50.4 Å². The van der Waals surface area contributed by atoms with Crippen LogP contribution in [-0.2, 0) is 9.53 Å². The summed E-state index contributed by atoms with van der Waals surface area (Å²) in [6.45, 7) is 0.628. The lowest BCUT2D eigenvalue weighted by atomic mass is 10.1. The number of nitrogens with one attached hydrogen (secondary N) is 2. The highest BCUT2D eigenvalue weighted by molar-refractivity contribution is 7.80. The molecule has 120 valence electrons. The fraction of sp³-hybridized carbons (Fsp3) is 0.222. The molecule has 0 unspecified atom stereocenters. The van der Waals surface area contributed by atoms with Gasteiger partial charge in [-0.25, -0.2) is 0 Å². The van der Waals surface area contributed by atoms with E-state index in [1.165, 1.54) is 12.7 Å². The molecule has 0 bridgehead atoms. The molecule has 2 aromatic carbocycles. The number of carbonyl (C=O) groups is 1. The normalized spacial score (nSPS) is 9.96. The van der Waals surface area contributed by atoms with Gasteiger partial charge in [0.1, 0.15) is 0 Å². The van der Waals surface area contributed by atoms with Gasteiger partial charge < -0.3 is 15.4 Å². The molecular weight excluding hydrogens is 308 g/mol. The molecule has 0 saturated carbocycles. The number of ether oxygens (including phenoxy) is 1. The molecule has 0 fully saturated rings. The van der Waals surface area contributed by atoms with Gasteiger partial charge in [0.05, 0.1) is 7.11 Å². The van der Waals surface area contributed by atoms with Gasteiger partial charge in [0.2, 0.25) is 0 Å². The summed E-state index contributed by atoms with van der Waals surface area (Å²) >= 11 is 5.23. The summed E-state index contributed by atoms with van der Waals surface area (Å²) < 4.78 is 4.59.